The van der Waals surface area contributed by atoms with Crippen LogP contribution in [0.5, 0.6) is 0 Å². The quantitative estimate of drug-likeness (QED) is 0.893. The van der Waals surface area contributed by atoms with Crippen LogP contribution in [-0.4, -0.2) is 34.6 Å². The van der Waals surface area contributed by atoms with E-state index in [1.165, 1.54) is 25.8 Å². The number of aryl methyl sites for hydroxylation is 1. The van der Waals surface area contributed by atoms with Gasteiger partial charge in [-0.1, -0.05) is 32.0 Å². The molecule has 1 aromatic carbocycles. The molecule has 0 aromatic heterocycles. The Morgan fingerprint density at radius 2 is 1.86 bits per heavy atom. The van der Waals surface area contributed by atoms with Crippen LogP contribution in [0, 0.1) is 6.92 Å². The van der Waals surface area contributed by atoms with Gasteiger partial charge in [-0.2, -0.15) is 0 Å². The Hall–Kier alpha value is -2.04. The summed E-state index contributed by atoms with van der Waals surface area (Å²) < 4.78 is 0. The van der Waals surface area contributed by atoms with Gasteiger partial charge in [-0.3, -0.25) is 0 Å². The van der Waals surface area contributed by atoms with Gasteiger partial charge in [0.25, 0.3) is 0 Å². The minimum atomic E-state index is -1.27. The Bertz CT molecular complexity index is 550. The molecule has 5 heteroatoms. The lowest BCUT2D eigenvalue weighted by atomic mass is 9.98. The Morgan fingerprint density at radius 1 is 1.29 bits per heavy atom. The molecule has 0 radical (unpaired) electrons. The molecule has 0 saturated carbocycles. The summed E-state index contributed by atoms with van der Waals surface area (Å²) in [6.45, 7) is 9.01. The normalized spacial score (nSPS) is 11.4. The summed E-state index contributed by atoms with van der Waals surface area (Å²) in [6.07, 6.45) is 0. The second-order valence-electron chi connectivity index (χ2n) is 6.05. The highest BCUT2D eigenvalue weighted by Crippen LogP contribution is 2.28. The van der Waals surface area contributed by atoms with Gasteiger partial charge in [-0.25, -0.2) is 9.59 Å². The zero-order chi connectivity index (χ0) is 16.4. The van der Waals surface area contributed by atoms with Crippen molar-refractivity contribution in [3.05, 3.63) is 29.3 Å². The molecule has 2 amide bonds. The molecule has 0 aliphatic heterocycles. The van der Waals surface area contributed by atoms with Crippen molar-refractivity contribution in [1.29, 1.82) is 0 Å². The first-order valence-electron chi connectivity index (χ1n) is 6.96. The maximum absolute atomic E-state index is 12.3. The number of carboxylic acids is 1. The second kappa shape index (κ2) is 6.16. The van der Waals surface area contributed by atoms with Crippen LogP contribution in [0.3, 0.4) is 0 Å². The van der Waals surface area contributed by atoms with E-state index in [0.717, 1.165) is 16.8 Å². The third-order valence-electron chi connectivity index (χ3n) is 3.83. The van der Waals surface area contributed by atoms with Crippen LogP contribution < -0.4 is 5.32 Å². The number of rotatable bonds is 4. The first-order chi connectivity index (χ1) is 9.59. The summed E-state index contributed by atoms with van der Waals surface area (Å²) in [6, 6.07) is 5.41. The van der Waals surface area contributed by atoms with Gasteiger partial charge in [0.05, 0.1) is 0 Å². The highest BCUT2D eigenvalue weighted by molar-refractivity contribution is 5.94. The minimum absolute atomic E-state index is 0.262. The van der Waals surface area contributed by atoms with Crippen molar-refractivity contribution in [1.82, 2.24) is 4.90 Å². The standard InChI is InChI=1S/C16H24N2O3/c1-10(2)12-9-7-8-11(3)13(12)17-15(21)18(6)16(4,5)14(19)20/h7-10H,1-6H3,(H,17,21)(H,19,20). The lowest BCUT2D eigenvalue weighted by Gasteiger charge is -2.32. The maximum atomic E-state index is 12.3. The molecule has 1 aromatic rings. The Labute approximate surface area is 126 Å². The van der Waals surface area contributed by atoms with Crippen LogP contribution in [0.1, 0.15) is 44.7 Å². The smallest absolute Gasteiger partial charge is 0.329 e. The SMILES string of the molecule is Cc1cccc(C(C)C)c1NC(=O)N(C)C(C)(C)C(=O)O. The Balaban J connectivity index is 3.07. The molecule has 0 fully saturated rings. The van der Waals surface area contributed by atoms with Crippen molar-refractivity contribution in [3.63, 3.8) is 0 Å². The fourth-order valence-corrected chi connectivity index (χ4v) is 1.93. The number of urea groups is 1. The van der Waals surface area contributed by atoms with E-state index in [4.69, 9.17) is 0 Å². The van der Waals surface area contributed by atoms with Crippen molar-refractivity contribution >= 4 is 17.7 Å². The van der Waals surface area contributed by atoms with E-state index < -0.39 is 17.5 Å². The van der Waals surface area contributed by atoms with E-state index in [2.05, 4.69) is 19.2 Å². The lowest BCUT2D eigenvalue weighted by Crippen LogP contribution is -2.52. The van der Waals surface area contributed by atoms with E-state index in [1.54, 1.807) is 0 Å². The van der Waals surface area contributed by atoms with Crippen molar-refractivity contribution in [2.24, 2.45) is 0 Å². The molecule has 0 heterocycles. The number of carbonyl (C=O) groups excluding carboxylic acids is 1. The molecule has 21 heavy (non-hydrogen) atoms. The van der Waals surface area contributed by atoms with Crippen LogP contribution in [0.15, 0.2) is 18.2 Å². The molecule has 0 unspecified atom stereocenters. The van der Waals surface area contributed by atoms with E-state index in [1.807, 2.05) is 25.1 Å². The number of nitrogens with zero attached hydrogens (tertiary/aromatic N) is 1. The summed E-state index contributed by atoms with van der Waals surface area (Å²) >= 11 is 0. The average Bonchev–Trinajstić information content (AvgIpc) is 2.39. The molecule has 0 bridgehead atoms. The number of para-hydroxylation sites is 1. The molecular formula is C16H24N2O3. The highest BCUT2D eigenvalue weighted by Gasteiger charge is 2.35. The van der Waals surface area contributed by atoms with Gasteiger partial charge in [0, 0.05) is 12.7 Å². The zero-order valence-electron chi connectivity index (χ0n) is 13.5. The predicted octanol–water partition coefficient (Wildman–Crippen LogP) is 3.45. The average molecular weight is 292 g/mol. The van der Waals surface area contributed by atoms with Crippen LogP contribution in [0.25, 0.3) is 0 Å². The first-order valence-corrected chi connectivity index (χ1v) is 6.96. The van der Waals surface area contributed by atoms with Crippen LogP contribution in [-0.2, 0) is 4.79 Å². The van der Waals surface area contributed by atoms with E-state index in [9.17, 15) is 14.7 Å². The van der Waals surface area contributed by atoms with Crippen molar-refractivity contribution in [2.75, 3.05) is 12.4 Å². The van der Waals surface area contributed by atoms with Gasteiger partial charge in [0.15, 0.2) is 0 Å². The summed E-state index contributed by atoms with van der Waals surface area (Å²) in [7, 11) is 1.48. The van der Waals surface area contributed by atoms with Gasteiger partial charge < -0.3 is 15.3 Å². The fourth-order valence-electron chi connectivity index (χ4n) is 1.93. The monoisotopic (exact) mass is 292 g/mol. The predicted molar refractivity (Wildman–Crippen MR) is 83.8 cm³/mol. The zero-order valence-corrected chi connectivity index (χ0v) is 13.5. The topological polar surface area (TPSA) is 69.6 Å². The maximum Gasteiger partial charge on any atom is 0.329 e. The van der Waals surface area contributed by atoms with Crippen molar-refractivity contribution in [2.45, 2.75) is 46.1 Å². The van der Waals surface area contributed by atoms with Crippen LogP contribution >= 0.6 is 0 Å². The fraction of sp³-hybridized carbons (Fsp3) is 0.500. The molecule has 5 nitrogen and oxygen atoms in total. The number of benzene rings is 1. The molecule has 0 spiro atoms. The number of hydrogen-bond acceptors (Lipinski definition) is 2. The number of anilines is 1. The molecule has 0 aliphatic rings. The van der Waals surface area contributed by atoms with E-state index in [0.29, 0.717) is 0 Å². The minimum Gasteiger partial charge on any atom is -0.480 e. The molecule has 116 valence electrons. The van der Waals surface area contributed by atoms with Crippen LogP contribution in [0.4, 0.5) is 10.5 Å². The largest absolute Gasteiger partial charge is 0.480 e. The number of carboxylic acid groups (broad SMARTS) is 1. The third-order valence-corrected chi connectivity index (χ3v) is 3.83. The summed E-state index contributed by atoms with van der Waals surface area (Å²) in [5.74, 6) is -0.785. The van der Waals surface area contributed by atoms with E-state index >= 15 is 0 Å². The number of nitrogens with one attached hydrogen (secondary N) is 1. The second-order valence-corrected chi connectivity index (χ2v) is 6.05. The van der Waals surface area contributed by atoms with Gasteiger partial charge in [-0.05, 0) is 37.8 Å². The number of likely N-dealkylation sites (N-methyl/N-ethyl adjacent to an activating group) is 1. The highest BCUT2D eigenvalue weighted by atomic mass is 16.4. The molecular weight excluding hydrogens is 268 g/mol. The van der Waals surface area contributed by atoms with Gasteiger partial charge in [0.2, 0.25) is 0 Å². The molecule has 0 aliphatic carbocycles. The third kappa shape index (κ3) is 3.54. The number of hydrogen-bond donors (Lipinski definition) is 2. The van der Waals surface area contributed by atoms with Crippen molar-refractivity contribution < 1.29 is 14.7 Å². The Morgan fingerprint density at radius 3 is 2.33 bits per heavy atom. The Kier molecular flexibility index (Phi) is 4.99. The molecule has 0 saturated heterocycles. The van der Waals surface area contributed by atoms with Crippen LogP contribution in [0.2, 0.25) is 0 Å². The summed E-state index contributed by atoms with van der Waals surface area (Å²) in [5, 5.41) is 12.0. The summed E-state index contributed by atoms with van der Waals surface area (Å²) in [4.78, 5) is 24.8. The molecule has 1 rings (SSSR count). The molecule has 0 atom stereocenters. The van der Waals surface area contributed by atoms with Gasteiger partial charge in [-0.15, -0.1) is 0 Å². The number of amides is 2. The van der Waals surface area contributed by atoms with Gasteiger partial charge >= 0.3 is 12.0 Å². The first kappa shape index (κ1) is 17.0. The molecule has 2 N–H and O–H groups in total. The number of carbonyl (C=O) groups is 2. The van der Waals surface area contributed by atoms with Crippen molar-refractivity contribution in [3.8, 4) is 0 Å². The lowest BCUT2D eigenvalue weighted by molar-refractivity contribution is -0.146. The van der Waals surface area contributed by atoms with Gasteiger partial charge in [0.1, 0.15) is 5.54 Å². The summed E-state index contributed by atoms with van der Waals surface area (Å²) in [5.41, 5.74) is 1.47. The van der Waals surface area contributed by atoms with E-state index in [-0.39, 0.29) is 5.92 Å². The number of aliphatic carboxylic acids is 1.